The second-order valence-corrected chi connectivity index (χ2v) is 8.63. The third-order valence-electron chi connectivity index (χ3n) is 4.22. The van der Waals surface area contributed by atoms with Crippen LogP contribution in [-0.2, 0) is 14.8 Å². The number of carbonyl (C=O) groups excluding carboxylic acids is 1. The summed E-state index contributed by atoms with van der Waals surface area (Å²) in [6, 6.07) is 11.6. The fourth-order valence-corrected chi connectivity index (χ4v) is 4.40. The van der Waals surface area contributed by atoms with E-state index in [1.807, 2.05) is 39.0 Å². The second-order valence-electron chi connectivity index (χ2n) is 6.78. The molecule has 0 aliphatic carbocycles. The molecule has 7 heteroatoms. The Balaban J connectivity index is 2.35. The molecule has 0 spiro atoms. The fourth-order valence-electron chi connectivity index (χ4n) is 3.19. The van der Waals surface area contributed by atoms with Crippen molar-refractivity contribution in [3.8, 4) is 5.75 Å². The number of rotatable bonds is 8. The fraction of sp³-hybridized carbons (Fsp3) is 0.381. The van der Waals surface area contributed by atoms with Crippen molar-refractivity contribution >= 4 is 27.3 Å². The lowest BCUT2D eigenvalue weighted by molar-refractivity contribution is -0.117. The van der Waals surface area contributed by atoms with Gasteiger partial charge in [-0.3, -0.25) is 9.10 Å². The molecule has 0 saturated carbocycles. The molecule has 0 unspecified atom stereocenters. The SMILES string of the molecule is CCOc1ccc(N([C@H](CC)C(=O)Nc2cc(C)cc(C)c2)S(C)(=O)=O)cc1. The number of nitrogens with one attached hydrogen (secondary N) is 1. The summed E-state index contributed by atoms with van der Waals surface area (Å²) in [7, 11) is -3.68. The highest BCUT2D eigenvalue weighted by atomic mass is 32.2. The standard InChI is InChI=1S/C21H28N2O4S/c1-6-20(21(24)22-17-13-15(3)12-16(4)14-17)23(28(5,25)26)18-8-10-19(11-9-18)27-7-2/h8-14,20H,6-7H2,1-5H3,(H,22,24)/t20-/m1/s1. The van der Waals surface area contributed by atoms with Gasteiger partial charge in [-0.15, -0.1) is 0 Å². The Kier molecular flexibility index (Phi) is 7.07. The van der Waals surface area contributed by atoms with Gasteiger partial charge in [-0.1, -0.05) is 13.0 Å². The molecule has 0 heterocycles. The Hall–Kier alpha value is -2.54. The number of ether oxygens (including phenoxy) is 1. The average Bonchev–Trinajstić information content (AvgIpc) is 2.58. The molecular formula is C21H28N2O4S. The quantitative estimate of drug-likeness (QED) is 0.724. The summed E-state index contributed by atoms with van der Waals surface area (Å²) in [6.45, 7) is 8.08. The molecule has 0 fully saturated rings. The molecule has 1 amide bonds. The summed E-state index contributed by atoms with van der Waals surface area (Å²) >= 11 is 0. The first-order valence-corrected chi connectivity index (χ1v) is 11.1. The van der Waals surface area contributed by atoms with Crippen LogP contribution in [0.4, 0.5) is 11.4 Å². The van der Waals surface area contributed by atoms with Crippen LogP contribution in [0.25, 0.3) is 0 Å². The number of nitrogens with zero attached hydrogens (tertiary/aromatic N) is 1. The van der Waals surface area contributed by atoms with Crippen molar-refractivity contribution in [1.29, 1.82) is 0 Å². The second kappa shape index (κ2) is 9.10. The summed E-state index contributed by atoms with van der Waals surface area (Å²) in [5, 5.41) is 2.86. The van der Waals surface area contributed by atoms with Crippen molar-refractivity contribution in [2.45, 2.75) is 40.2 Å². The Morgan fingerprint density at radius 2 is 1.64 bits per heavy atom. The van der Waals surface area contributed by atoms with Gasteiger partial charge in [-0.2, -0.15) is 0 Å². The van der Waals surface area contributed by atoms with Gasteiger partial charge in [0.05, 0.1) is 18.6 Å². The predicted octanol–water partition coefficient (Wildman–Crippen LogP) is 3.89. The van der Waals surface area contributed by atoms with Crippen molar-refractivity contribution in [1.82, 2.24) is 0 Å². The van der Waals surface area contributed by atoms with Gasteiger partial charge in [0.2, 0.25) is 15.9 Å². The molecule has 0 aromatic heterocycles. The van der Waals surface area contributed by atoms with Crippen LogP contribution in [0.3, 0.4) is 0 Å². The molecule has 1 atom stereocenters. The molecule has 152 valence electrons. The van der Waals surface area contributed by atoms with Gasteiger partial charge in [0, 0.05) is 5.69 Å². The van der Waals surface area contributed by atoms with Crippen LogP contribution in [0.15, 0.2) is 42.5 Å². The van der Waals surface area contributed by atoms with Crippen molar-refractivity contribution in [2.75, 3.05) is 22.5 Å². The maximum Gasteiger partial charge on any atom is 0.248 e. The summed E-state index contributed by atoms with van der Waals surface area (Å²) < 4.78 is 31.6. The summed E-state index contributed by atoms with van der Waals surface area (Å²) in [6.07, 6.45) is 1.44. The number of hydrogen-bond acceptors (Lipinski definition) is 4. The van der Waals surface area contributed by atoms with Crippen LogP contribution in [0.2, 0.25) is 0 Å². The number of anilines is 2. The van der Waals surface area contributed by atoms with E-state index in [2.05, 4.69) is 5.32 Å². The molecule has 6 nitrogen and oxygen atoms in total. The monoisotopic (exact) mass is 404 g/mol. The zero-order valence-electron chi connectivity index (χ0n) is 17.0. The van der Waals surface area contributed by atoms with E-state index in [1.165, 1.54) is 4.31 Å². The molecular weight excluding hydrogens is 376 g/mol. The Bertz CT molecular complexity index is 904. The van der Waals surface area contributed by atoms with E-state index < -0.39 is 16.1 Å². The topological polar surface area (TPSA) is 75.7 Å². The number of aryl methyl sites for hydroxylation is 2. The highest BCUT2D eigenvalue weighted by Crippen LogP contribution is 2.26. The largest absolute Gasteiger partial charge is 0.494 e. The molecule has 2 aromatic carbocycles. The molecule has 0 aliphatic rings. The average molecular weight is 405 g/mol. The molecule has 0 aliphatic heterocycles. The van der Waals surface area contributed by atoms with E-state index in [-0.39, 0.29) is 5.91 Å². The van der Waals surface area contributed by atoms with Gasteiger partial charge in [0.25, 0.3) is 0 Å². The smallest absolute Gasteiger partial charge is 0.248 e. The number of sulfonamides is 1. The number of amides is 1. The van der Waals surface area contributed by atoms with Crippen LogP contribution >= 0.6 is 0 Å². The zero-order chi connectivity index (χ0) is 20.9. The predicted molar refractivity (Wildman–Crippen MR) is 114 cm³/mol. The third-order valence-corrected chi connectivity index (χ3v) is 5.40. The number of carbonyl (C=O) groups is 1. The van der Waals surface area contributed by atoms with E-state index in [1.54, 1.807) is 31.2 Å². The van der Waals surface area contributed by atoms with Crippen LogP contribution in [0, 0.1) is 13.8 Å². The first-order chi connectivity index (χ1) is 13.2. The normalized spacial score (nSPS) is 12.3. The van der Waals surface area contributed by atoms with E-state index in [9.17, 15) is 13.2 Å². The van der Waals surface area contributed by atoms with E-state index in [4.69, 9.17) is 4.74 Å². The minimum absolute atomic E-state index is 0.330. The first kappa shape index (κ1) is 21.8. The van der Waals surface area contributed by atoms with Gasteiger partial charge >= 0.3 is 0 Å². The molecule has 0 radical (unpaired) electrons. The summed E-state index contributed by atoms with van der Waals surface area (Å²) in [4.78, 5) is 13.0. The lowest BCUT2D eigenvalue weighted by atomic mass is 10.1. The van der Waals surface area contributed by atoms with Crippen molar-refractivity contribution in [2.24, 2.45) is 0 Å². The van der Waals surface area contributed by atoms with Gasteiger partial charge in [0.15, 0.2) is 0 Å². The molecule has 2 aromatic rings. The van der Waals surface area contributed by atoms with Crippen LogP contribution < -0.4 is 14.4 Å². The minimum atomic E-state index is -3.68. The Morgan fingerprint density at radius 3 is 2.11 bits per heavy atom. The molecule has 2 rings (SSSR count). The van der Waals surface area contributed by atoms with Crippen LogP contribution in [0.5, 0.6) is 5.75 Å². The summed E-state index contributed by atoms with van der Waals surface area (Å²) in [5.41, 5.74) is 3.12. The van der Waals surface area contributed by atoms with Crippen molar-refractivity contribution in [3.05, 3.63) is 53.6 Å². The van der Waals surface area contributed by atoms with E-state index >= 15 is 0 Å². The maximum atomic E-state index is 13.0. The van der Waals surface area contributed by atoms with E-state index in [0.29, 0.717) is 30.2 Å². The van der Waals surface area contributed by atoms with E-state index in [0.717, 1.165) is 17.4 Å². The van der Waals surface area contributed by atoms with Crippen LogP contribution in [0.1, 0.15) is 31.4 Å². The highest BCUT2D eigenvalue weighted by Gasteiger charge is 2.31. The van der Waals surface area contributed by atoms with Crippen molar-refractivity contribution in [3.63, 3.8) is 0 Å². The number of hydrogen-bond donors (Lipinski definition) is 1. The minimum Gasteiger partial charge on any atom is -0.494 e. The number of benzene rings is 2. The third kappa shape index (κ3) is 5.48. The lowest BCUT2D eigenvalue weighted by Crippen LogP contribution is -2.47. The Morgan fingerprint density at radius 1 is 1.07 bits per heavy atom. The maximum absolute atomic E-state index is 13.0. The van der Waals surface area contributed by atoms with Crippen molar-refractivity contribution < 1.29 is 17.9 Å². The van der Waals surface area contributed by atoms with Gasteiger partial charge in [0.1, 0.15) is 11.8 Å². The van der Waals surface area contributed by atoms with Crippen LogP contribution in [-0.4, -0.2) is 33.2 Å². The molecule has 1 N–H and O–H groups in total. The first-order valence-electron chi connectivity index (χ1n) is 9.27. The lowest BCUT2D eigenvalue weighted by Gasteiger charge is -2.30. The van der Waals surface area contributed by atoms with Gasteiger partial charge in [-0.05, 0) is 74.7 Å². The van der Waals surface area contributed by atoms with Gasteiger partial charge < -0.3 is 10.1 Å². The Labute approximate surface area is 167 Å². The molecule has 0 bridgehead atoms. The molecule has 0 saturated heterocycles. The molecule has 28 heavy (non-hydrogen) atoms. The summed E-state index contributed by atoms with van der Waals surface area (Å²) in [5.74, 6) is 0.277. The zero-order valence-corrected chi connectivity index (χ0v) is 17.8. The van der Waals surface area contributed by atoms with Gasteiger partial charge in [-0.25, -0.2) is 8.42 Å². The highest BCUT2D eigenvalue weighted by molar-refractivity contribution is 7.92.